The van der Waals surface area contributed by atoms with Crippen molar-refractivity contribution in [2.24, 2.45) is 5.16 Å². The van der Waals surface area contributed by atoms with Crippen molar-refractivity contribution in [1.29, 1.82) is 0 Å². The third-order valence-corrected chi connectivity index (χ3v) is 8.84. The fourth-order valence-electron chi connectivity index (χ4n) is 4.89. The quantitative estimate of drug-likeness (QED) is 0.343. The van der Waals surface area contributed by atoms with Crippen LogP contribution in [0.5, 0.6) is 0 Å². The number of alkyl halides is 3. The molecule has 0 spiro atoms. The number of ether oxygens (including phenoxy) is 1. The predicted molar refractivity (Wildman–Crippen MR) is 148 cm³/mol. The van der Waals surface area contributed by atoms with Crippen LogP contribution in [0.4, 0.5) is 13.2 Å². The maximum absolute atomic E-state index is 13.3. The lowest BCUT2D eigenvalue weighted by atomic mass is 9.97. The first-order valence-corrected chi connectivity index (χ1v) is 14.4. The van der Waals surface area contributed by atoms with Gasteiger partial charge in [-0.25, -0.2) is 4.98 Å². The summed E-state index contributed by atoms with van der Waals surface area (Å²) in [7, 11) is 1.30. The fourth-order valence-corrected chi connectivity index (χ4v) is 6.95. The van der Waals surface area contributed by atoms with Crippen LogP contribution >= 0.6 is 46.1 Å². The van der Waals surface area contributed by atoms with Crippen LogP contribution < -0.4 is 0 Å². The summed E-state index contributed by atoms with van der Waals surface area (Å²) in [5.41, 5.74) is 1.30. The van der Waals surface area contributed by atoms with E-state index in [4.69, 9.17) is 49.4 Å². The van der Waals surface area contributed by atoms with E-state index in [2.05, 4.69) is 5.16 Å². The molecule has 14 heteroatoms. The van der Waals surface area contributed by atoms with Crippen molar-refractivity contribution in [2.75, 3.05) is 33.3 Å². The molecule has 214 valence electrons. The number of rotatable bonds is 6. The van der Waals surface area contributed by atoms with E-state index in [9.17, 15) is 18.0 Å². The molecule has 5 rings (SSSR count). The lowest BCUT2D eigenvalue weighted by Crippen LogP contribution is -2.44. The number of allylic oxidation sites excluding steroid dienone is 1. The monoisotopic (exact) mass is 634 g/mol. The van der Waals surface area contributed by atoms with Gasteiger partial charge in [0.1, 0.15) is 11.5 Å². The van der Waals surface area contributed by atoms with Gasteiger partial charge in [0.2, 0.25) is 5.91 Å². The second-order valence-electron chi connectivity index (χ2n) is 9.65. The van der Waals surface area contributed by atoms with Crippen molar-refractivity contribution in [1.82, 2.24) is 14.8 Å². The van der Waals surface area contributed by atoms with Crippen LogP contribution in [0, 0.1) is 0 Å². The van der Waals surface area contributed by atoms with E-state index >= 15 is 0 Å². The third kappa shape index (κ3) is 6.37. The van der Waals surface area contributed by atoms with Gasteiger partial charge in [-0.1, -0.05) is 40.0 Å². The number of aromatic nitrogens is 1. The van der Waals surface area contributed by atoms with Gasteiger partial charge in [-0.15, -0.1) is 11.3 Å². The summed E-state index contributed by atoms with van der Waals surface area (Å²) < 4.78 is 44.8. The molecule has 0 bridgehead atoms. The maximum Gasteiger partial charge on any atom is 0.414 e. The molecule has 1 saturated heterocycles. The highest BCUT2D eigenvalue weighted by atomic mass is 35.5. The molecule has 3 aliphatic rings. The van der Waals surface area contributed by atoms with Gasteiger partial charge in [0.15, 0.2) is 6.10 Å². The van der Waals surface area contributed by atoms with Crippen molar-refractivity contribution in [3.8, 4) is 0 Å². The number of halogens is 6. The molecule has 3 aliphatic heterocycles. The maximum atomic E-state index is 13.3. The molecule has 1 fully saturated rings. The molecule has 7 nitrogen and oxygen atoms in total. The Kier molecular flexibility index (Phi) is 8.56. The van der Waals surface area contributed by atoms with Gasteiger partial charge < -0.3 is 19.4 Å². The number of hydrogen-bond acceptors (Lipinski definition) is 7. The molecule has 1 unspecified atom stereocenters. The number of methoxy groups -OCH3 is 1. The summed E-state index contributed by atoms with van der Waals surface area (Å²) >= 11 is 20.2. The molecule has 4 heterocycles. The number of amides is 1. The zero-order valence-electron chi connectivity index (χ0n) is 21.2. The average Bonchev–Trinajstić information content (AvgIpc) is 3.58. The molecule has 0 saturated carbocycles. The average molecular weight is 636 g/mol. The van der Waals surface area contributed by atoms with Crippen molar-refractivity contribution in [3.05, 3.63) is 72.5 Å². The van der Waals surface area contributed by atoms with Gasteiger partial charge in [-0.2, -0.15) is 13.2 Å². The molecule has 40 heavy (non-hydrogen) atoms. The normalized spacial score (nSPS) is 20.2. The van der Waals surface area contributed by atoms with E-state index in [1.54, 1.807) is 17.0 Å². The van der Waals surface area contributed by atoms with Crippen LogP contribution in [-0.4, -0.2) is 65.9 Å². The summed E-state index contributed by atoms with van der Waals surface area (Å²) in [4.78, 5) is 26.3. The topological polar surface area (TPSA) is 67.3 Å². The van der Waals surface area contributed by atoms with E-state index in [1.165, 1.54) is 29.5 Å². The number of thiazole rings is 1. The third-order valence-electron chi connectivity index (χ3n) is 6.99. The first kappa shape index (κ1) is 29.0. The van der Waals surface area contributed by atoms with E-state index in [-0.39, 0.29) is 24.1 Å². The molecule has 1 amide bonds. The van der Waals surface area contributed by atoms with Crippen molar-refractivity contribution in [2.45, 2.75) is 37.5 Å². The summed E-state index contributed by atoms with van der Waals surface area (Å²) in [6.45, 7) is 0.434. The molecule has 1 aromatic carbocycles. The number of oxime groups is 1. The van der Waals surface area contributed by atoms with Crippen molar-refractivity contribution in [3.63, 3.8) is 0 Å². The number of carbonyl (C=O) groups is 1. The standard InChI is InChI=1S/C26H24Cl3F3N4O3S/c1-38-17-6-15(26(30,31)32)10-35(11-17)12-23(37)36-4-2-14(3-5-36)25-33-21(13-40-25)20-9-22(39-34-20)24-18(28)7-16(27)8-19(24)29/h6-8,11,13-14,22H,2-5,9-10,12H2,1H3. The van der Waals surface area contributed by atoms with Gasteiger partial charge in [-0.05, 0) is 31.1 Å². The predicted octanol–water partition coefficient (Wildman–Crippen LogP) is 6.97. The van der Waals surface area contributed by atoms with E-state index in [0.717, 1.165) is 16.8 Å². The molecule has 0 N–H and O–H groups in total. The second kappa shape index (κ2) is 11.8. The van der Waals surface area contributed by atoms with Gasteiger partial charge >= 0.3 is 6.18 Å². The first-order chi connectivity index (χ1) is 19.0. The van der Waals surface area contributed by atoms with Gasteiger partial charge in [0.05, 0.1) is 40.0 Å². The molecule has 2 aromatic rings. The lowest BCUT2D eigenvalue weighted by molar-refractivity contribution is -0.133. The van der Waals surface area contributed by atoms with Crippen LogP contribution in [0.2, 0.25) is 15.1 Å². The fraction of sp³-hybridized carbons (Fsp3) is 0.423. The molecular weight excluding hydrogens is 612 g/mol. The number of benzene rings is 1. The Morgan fingerprint density at radius 3 is 2.55 bits per heavy atom. The minimum atomic E-state index is -4.49. The van der Waals surface area contributed by atoms with Crippen LogP contribution in [-0.2, 0) is 14.4 Å². The van der Waals surface area contributed by atoms with Crippen molar-refractivity contribution >= 4 is 57.8 Å². The highest BCUT2D eigenvalue weighted by molar-refractivity contribution is 7.10. The van der Waals surface area contributed by atoms with Gasteiger partial charge in [-0.3, -0.25) is 4.79 Å². The molecule has 1 aromatic heterocycles. The zero-order chi connectivity index (χ0) is 28.6. The Hall–Kier alpha value is -2.47. The minimum Gasteiger partial charge on any atom is -0.495 e. The highest BCUT2D eigenvalue weighted by Gasteiger charge is 2.37. The number of piperidine rings is 1. The summed E-state index contributed by atoms with van der Waals surface area (Å²) in [6.07, 6.45) is -0.675. The van der Waals surface area contributed by atoms with Crippen LogP contribution in [0.3, 0.4) is 0 Å². The number of hydrogen-bond donors (Lipinski definition) is 0. The highest BCUT2D eigenvalue weighted by Crippen LogP contribution is 2.40. The molecule has 0 aliphatic carbocycles. The second-order valence-corrected chi connectivity index (χ2v) is 11.8. The van der Waals surface area contributed by atoms with E-state index < -0.39 is 24.4 Å². The van der Waals surface area contributed by atoms with Gasteiger partial charge in [0.25, 0.3) is 0 Å². The summed E-state index contributed by atoms with van der Waals surface area (Å²) in [5, 5.41) is 8.35. The Labute approximate surface area is 247 Å². The minimum absolute atomic E-state index is 0.0626. The number of nitrogens with zero attached hydrogens (tertiary/aromatic N) is 4. The summed E-state index contributed by atoms with van der Waals surface area (Å²) in [5.74, 6) is 0.000415. The zero-order valence-corrected chi connectivity index (χ0v) is 24.3. The van der Waals surface area contributed by atoms with Crippen LogP contribution in [0.25, 0.3) is 0 Å². The summed E-state index contributed by atoms with van der Waals surface area (Å²) in [6, 6.07) is 3.22. The largest absolute Gasteiger partial charge is 0.495 e. The SMILES string of the molecule is COC1=CN(CC(=O)N2CCC(c3nc(C4=NOC(c5c(Cl)cc(Cl)cc5Cl)C4)cs3)CC2)CC(C(F)(F)F)=C1. The van der Waals surface area contributed by atoms with Gasteiger partial charge in [0, 0.05) is 54.1 Å². The Morgan fingerprint density at radius 1 is 1.20 bits per heavy atom. The first-order valence-electron chi connectivity index (χ1n) is 12.4. The smallest absolute Gasteiger partial charge is 0.414 e. The Morgan fingerprint density at radius 2 is 1.90 bits per heavy atom. The van der Waals surface area contributed by atoms with Crippen molar-refractivity contribution < 1.29 is 27.5 Å². The number of carbonyl (C=O) groups excluding carboxylic acids is 1. The molecule has 1 atom stereocenters. The lowest BCUT2D eigenvalue weighted by Gasteiger charge is -2.34. The Balaban J connectivity index is 1.15. The van der Waals surface area contributed by atoms with E-state index in [1.807, 2.05) is 5.38 Å². The number of likely N-dealkylation sites (tertiary alicyclic amines) is 1. The van der Waals surface area contributed by atoms with Crippen LogP contribution in [0.1, 0.15) is 47.5 Å². The van der Waals surface area contributed by atoms with E-state index in [0.29, 0.717) is 58.7 Å². The van der Waals surface area contributed by atoms with Crippen LogP contribution in [0.15, 0.2) is 46.3 Å². The molecular formula is C26H24Cl3F3N4O3S. The molecule has 0 radical (unpaired) electrons. The Bertz CT molecular complexity index is 1360.